The molecule has 0 saturated heterocycles. The van der Waals surface area contributed by atoms with Crippen molar-refractivity contribution in [3.63, 3.8) is 0 Å². The maximum Gasteiger partial charge on any atom is 0.242 e. The number of rotatable bonds is 9. The molecule has 0 radical (unpaired) electrons. The fraction of sp³-hybridized carbons (Fsp3) is 0.571. The van der Waals surface area contributed by atoms with Gasteiger partial charge in [-0.2, -0.15) is 0 Å². The molecule has 0 aliphatic carbocycles. The van der Waals surface area contributed by atoms with Crippen LogP contribution >= 0.6 is 11.6 Å². The number of hydrogen-bond acceptors (Lipinski definition) is 5. The van der Waals surface area contributed by atoms with Crippen molar-refractivity contribution in [3.8, 4) is 11.5 Å². The molecule has 3 N–H and O–H groups in total. The Morgan fingerprint density at radius 2 is 1.86 bits per heavy atom. The average Bonchev–Trinajstić information content (AvgIpc) is 2.50. The zero-order chi connectivity index (χ0) is 16.8. The van der Waals surface area contributed by atoms with Crippen molar-refractivity contribution in [3.05, 3.63) is 17.2 Å². The monoisotopic (exact) mass is 350 g/mol. The van der Waals surface area contributed by atoms with Crippen molar-refractivity contribution < 1.29 is 17.9 Å². The number of sulfonamides is 1. The first-order valence-corrected chi connectivity index (χ1v) is 8.89. The minimum Gasteiger partial charge on any atom is -0.493 e. The van der Waals surface area contributed by atoms with Gasteiger partial charge in [-0.1, -0.05) is 31.4 Å². The molecule has 1 aromatic carbocycles. The molecular formula is C14H23ClN2O4S. The Hall–Kier alpha value is -1.02. The summed E-state index contributed by atoms with van der Waals surface area (Å²) in [4.78, 5) is -0.0539. The van der Waals surface area contributed by atoms with Gasteiger partial charge in [0.05, 0.1) is 19.2 Å². The molecule has 1 unspecified atom stereocenters. The molecule has 1 atom stereocenters. The van der Waals surface area contributed by atoms with E-state index in [0.717, 1.165) is 12.8 Å². The Morgan fingerprint density at radius 1 is 1.27 bits per heavy atom. The summed E-state index contributed by atoms with van der Waals surface area (Å²) in [6, 6.07) is 2.43. The lowest BCUT2D eigenvalue weighted by Crippen LogP contribution is -2.40. The second-order valence-corrected chi connectivity index (χ2v) is 6.92. The largest absolute Gasteiger partial charge is 0.493 e. The second kappa shape index (κ2) is 8.57. The van der Waals surface area contributed by atoms with Gasteiger partial charge < -0.3 is 15.2 Å². The number of methoxy groups -OCH3 is 2. The van der Waals surface area contributed by atoms with Crippen LogP contribution < -0.4 is 19.9 Å². The number of nitrogens with two attached hydrogens (primary N) is 1. The third-order valence-corrected chi connectivity index (χ3v) is 5.23. The molecule has 0 aliphatic rings. The summed E-state index contributed by atoms with van der Waals surface area (Å²) in [6.07, 6.45) is 2.54. The number of ether oxygens (including phenoxy) is 2. The van der Waals surface area contributed by atoms with Gasteiger partial charge in [-0.3, -0.25) is 0 Å². The molecular weight excluding hydrogens is 328 g/mol. The molecule has 22 heavy (non-hydrogen) atoms. The van der Waals surface area contributed by atoms with Crippen LogP contribution in [0, 0.1) is 0 Å². The number of nitrogens with one attached hydrogen (secondary N) is 1. The topological polar surface area (TPSA) is 90.7 Å². The highest BCUT2D eigenvalue weighted by molar-refractivity contribution is 7.89. The van der Waals surface area contributed by atoms with Crippen LogP contribution in [0.25, 0.3) is 0 Å². The van der Waals surface area contributed by atoms with Gasteiger partial charge in [0, 0.05) is 24.7 Å². The molecule has 0 saturated carbocycles. The van der Waals surface area contributed by atoms with E-state index in [1.165, 1.54) is 26.4 Å². The van der Waals surface area contributed by atoms with Gasteiger partial charge in [-0.25, -0.2) is 13.1 Å². The number of hydrogen-bond donors (Lipinski definition) is 2. The van der Waals surface area contributed by atoms with Crippen LogP contribution in [0.2, 0.25) is 5.02 Å². The molecule has 126 valence electrons. The highest BCUT2D eigenvalue weighted by Crippen LogP contribution is 2.35. The summed E-state index contributed by atoms with van der Waals surface area (Å²) < 4.78 is 37.8. The Kier molecular flexibility index (Phi) is 7.41. The van der Waals surface area contributed by atoms with Crippen LogP contribution in [0.4, 0.5) is 0 Å². The van der Waals surface area contributed by atoms with Crippen LogP contribution in [0.5, 0.6) is 11.5 Å². The van der Waals surface area contributed by atoms with Crippen molar-refractivity contribution in [2.75, 3.05) is 20.8 Å². The summed E-state index contributed by atoms with van der Waals surface area (Å²) in [5, 5.41) is 0.0661. The first kappa shape index (κ1) is 19.0. The summed E-state index contributed by atoms with van der Waals surface area (Å²) in [5.41, 5.74) is 5.63. The maximum absolute atomic E-state index is 12.5. The fourth-order valence-corrected chi connectivity index (χ4v) is 3.82. The molecule has 8 heteroatoms. The van der Waals surface area contributed by atoms with Gasteiger partial charge in [0.15, 0.2) is 11.5 Å². The summed E-state index contributed by atoms with van der Waals surface area (Å²) >= 11 is 6.07. The van der Waals surface area contributed by atoms with Crippen molar-refractivity contribution in [1.82, 2.24) is 4.72 Å². The van der Waals surface area contributed by atoms with Gasteiger partial charge in [0.25, 0.3) is 0 Å². The molecule has 0 spiro atoms. The van der Waals surface area contributed by atoms with Crippen LogP contribution in [0.1, 0.15) is 26.2 Å². The third-order valence-electron chi connectivity index (χ3n) is 3.24. The van der Waals surface area contributed by atoms with Gasteiger partial charge in [-0.05, 0) is 6.42 Å². The van der Waals surface area contributed by atoms with Gasteiger partial charge in [0.1, 0.15) is 4.90 Å². The van der Waals surface area contributed by atoms with Crippen LogP contribution in [-0.2, 0) is 10.0 Å². The molecule has 0 bridgehead atoms. The van der Waals surface area contributed by atoms with E-state index in [1.807, 2.05) is 6.92 Å². The minimum atomic E-state index is -3.79. The normalized spacial score (nSPS) is 13.0. The van der Waals surface area contributed by atoms with Crippen LogP contribution in [0.15, 0.2) is 17.0 Å². The van der Waals surface area contributed by atoms with E-state index in [0.29, 0.717) is 17.9 Å². The van der Waals surface area contributed by atoms with Crippen molar-refractivity contribution in [2.45, 2.75) is 37.1 Å². The molecule has 0 aliphatic heterocycles. The van der Waals surface area contributed by atoms with E-state index in [2.05, 4.69) is 4.72 Å². The third kappa shape index (κ3) is 4.74. The van der Waals surface area contributed by atoms with Crippen molar-refractivity contribution in [2.24, 2.45) is 5.73 Å². The van der Waals surface area contributed by atoms with E-state index in [4.69, 9.17) is 26.8 Å². The molecule has 0 aromatic heterocycles. The lowest BCUT2D eigenvalue weighted by Gasteiger charge is -2.18. The first-order valence-electron chi connectivity index (χ1n) is 7.03. The van der Waals surface area contributed by atoms with Crippen molar-refractivity contribution in [1.29, 1.82) is 0 Å². The predicted molar refractivity (Wildman–Crippen MR) is 87.2 cm³/mol. The van der Waals surface area contributed by atoms with Gasteiger partial charge >= 0.3 is 0 Å². The molecule has 1 aromatic rings. The number of halogens is 1. The highest BCUT2D eigenvalue weighted by atomic mass is 35.5. The Balaban J connectivity index is 3.11. The highest BCUT2D eigenvalue weighted by Gasteiger charge is 2.24. The van der Waals surface area contributed by atoms with Gasteiger partial charge in [0.2, 0.25) is 10.0 Å². The fourth-order valence-electron chi connectivity index (χ4n) is 2.00. The summed E-state index contributed by atoms with van der Waals surface area (Å²) in [7, 11) is -0.904. The lowest BCUT2D eigenvalue weighted by molar-refractivity contribution is 0.354. The Morgan fingerprint density at radius 3 is 2.36 bits per heavy atom. The van der Waals surface area contributed by atoms with Crippen LogP contribution in [-0.4, -0.2) is 35.2 Å². The standard InChI is InChI=1S/C14H23ClN2O4S/c1-4-5-6-10(9-16)17-22(18,19)14-8-13(21-3)12(20-2)7-11(14)15/h7-8,10,17H,4-6,9,16H2,1-3H3. The molecule has 1 rings (SSSR count). The van der Waals surface area contributed by atoms with Crippen molar-refractivity contribution >= 4 is 21.6 Å². The van der Waals surface area contributed by atoms with E-state index >= 15 is 0 Å². The maximum atomic E-state index is 12.5. The zero-order valence-corrected chi connectivity index (χ0v) is 14.6. The smallest absolute Gasteiger partial charge is 0.242 e. The Bertz CT molecular complexity index is 593. The first-order chi connectivity index (χ1) is 10.4. The molecule has 0 fully saturated rings. The van der Waals surface area contributed by atoms with E-state index < -0.39 is 10.0 Å². The minimum absolute atomic E-state index is 0.0539. The summed E-state index contributed by atoms with van der Waals surface area (Å²) in [6.45, 7) is 2.26. The van der Waals surface area contributed by atoms with E-state index in [-0.39, 0.29) is 22.5 Å². The zero-order valence-electron chi connectivity index (χ0n) is 13.1. The van der Waals surface area contributed by atoms with Gasteiger partial charge in [-0.15, -0.1) is 0 Å². The molecule has 0 heterocycles. The number of benzene rings is 1. The molecule has 0 amide bonds. The lowest BCUT2D eigenvalue weighted by atomic mass is 10.1. The quantitative estimate of drug-likeness (QED) is 0.712. The second-order valence-electron chi connectivity index (χ2n) is 4.83. The number of unbranched alkanes of at least 4 members (excludes halogenated alkanes) is 1. The molecule has 6 nitrogen and oxygen atoms in total. The SMILES string of the molecule is CCCCC(CN)NS(=O)(=O)c1cc(OC)c(OC)cc1Cl. The Labute approximate surface area is 137 Å². The van der Waals surface area contributed by atoms with E-state index in [9.17, 15) is 8.42 Å². The summed E-state index contributed by atoms with van der Waals surface area (Å²) in [5.74, 6) is 0.665. The predicted octanol–water partition coefficient (Wildman–Crippen LogP) is 2.15. The average molecular weight is 351 g/mol. The van der Waals surface area contributed by atoms with Crippen LogP contribution in [0.3, 0.4) is 0 Å². The van der Waals surface area contributed by atoms with E-state index in [1.54, 1.807) is 0 Å².